The summed E-state index contributed by atoms with van der Waals surface area (Å²) in [5.41, 5.74) is 0. The second-order valence-corrected chi connectivity index (χ2v) is 4.02. The third-order valence-electron chi connectivity index (χ3n) is 1.97. The van der Waals surface area contributed by atoms with Crippen molar-refractivity contribution in [3.63, 3.8) is 0 Å². The van der Waals surface area contributed by atoms with Crippen LogP contribution in [0.3, 0.4) is 0 Å². The molecular weight excluding hydrogens is 208 g/mol. The molecule has 0 heterocycles. The molecule has 0 aromatic rings. The van der Waals surface area contributed by atoms with Gasteiger partial charge in [-0.1, -0.05) is 13.8 Å². The quantitative estimate of drug-likeness (QED) is 0.465. The van der Waals surface area contributed by atoms with Crippen LogP contribution in [0.25, 0.3) is 0 Å². The fraction of sp³-hybridized carbons (Fsp3) is 0.818. The van der Waals surface area contributed by atoms with Gasteiger partial charge >= 0.3 is 5.97 Å². The van der Waals surface area contributed by atoms with Crippen LogP contribution in [0.2, 0.25) is 0 Å². The number of amides is 1. The van der Waals surface area contributed by atoms with Crippen LogP contribution in [0.15, 0.2) is 0 Å². The molecule has 0 rings (SSSR count). The number of nitrogens with one attached hydrogen (secondary N) is 2. The average molecular weight is 230 g/mol. The van der Waals surface area contributed by atoms with E-state index < -0.39 is 0 Å². The lowest BCUT2D eigenvalue weighted by Gasteiger charge is -2.07. The highest BCUT2D eigenvalue weighted by Gasteiger charge is 2.02. The van der Waals surface area contributed by atoms with Crippen LogP contribution in [-0.2, 0) is 14.3 Å². The van der Waals surface area contributed by atoms with Gasteiger partial charge in [0.1, 0.15) is 0 Å². The first-order valence-corrected chi connectivity index (χ1v) is 5.60. The molecule has 0 fully saturated rings. The standard InChI is InChI=1S/C11H22N2O3/c1-9(2)8-13-10(14)4-6-12-7-5-11(15)16-3/h9,12H,4-8H2,1-3H3,(H,13,14). The molecule has 0 atom stereocenters. The summed E-state index contributed by atoms with van der Waals surface area (Å²) in [6.45, 7) is 5.94. The van der Waals surface area contributed by atoms with Crippen molar-refractivity contribution in [1.82, 2.24) is 10.6 Å². The SMILES string of the molecule is COC(=O)CCNCCC(=O)NCC(C)C. The number of hydrogen-bond acceptors (Lipinski definition) is 4. The number of ether oxygens (including phenoxy) is 1. The molecule has 0 saturated heterocycles. The number of esters is 1. The van der Waals surface area contributed by atoms with E-state index in [0.717, 1.165) is 0 Å². The van der Waals surface area contributed by atoms with Crippen molar-refractivity contribution in [2.45, 2.75) is 26.7 Å². The first-order valence-electron chi connectivity index (χ1n) is 5.60. The summed E-state index contributed by atoms with van der Waals surface area (Å²) in [6, 6.07) is 0. The summed E-state index contributed by atoms with van der Waals surface area (Å²) < 4.78 is 4.48. The minimum atomic E-state index is -0.239. The molecule has 0 aromatic carbocycles. The van der Waals surface area contributed by atoms with Crippen LogP contribution in [0.1, 0.15) is 26.7 Å². The Morgan fingerprint density at radius 2 is 1.81 bits per heavy atom. The molecule has 0 radical (unpaired) electrons. The fourth-order valence-corrected chi connectivity index (χ4v) is 1.03. The Bertz CT molecular complexity index is 217. The maximum atomic E-state index is 11.3. The predicted octanol–water partition coefficient (Wildman–Crippen LogP) is 0.301. The number of rotatable bonds is 8. The summed E-state index contributed by atoms with van der Waals surface area (Å²) in [4.78, 5) is 22.0. The Hall–Kier alpha value is -1.10. The normalized spacial score (nSPS) is 10.2. The fourth-order valence-electron chi connectivity index (χ4n) is 1.03. The molecule has 0 aromatic heterocycles. The van der Waals surface area contributed by atoms with E-state index in [4.69, 9.17) is 0 Å². The zero-order valence-corrected chi connectivity index (χ0v) is 10.3. The molecule has 0 aliphatic rings. The molecule has 0 unspecified atom stereocenters. The number of carbonyl (C=O) groups is 2. The van der Waals surface area contributed by atoms with E-state index in [1.165, 1.54) is 7.11 Å². The molecule has 0 aliphatic carbocycles. The second kappa shape index (κ2) is 9.15. The Kier molecular flexibility index (Phi) is 8.52. The Morgan fingerprint density at radius 3 is 2.38 bits per heavy atom. The van der Waals surface area contributed by atoms with Crippen molar-refractivity contribution in [3.05, 3.63) is 0 Å². The Morgan fingerprint density at radius 1 is 1.19 bits per heavy atom. The monoisotopic (exact) mass is 230 g/mol. The van der Waals surface area contributed by atoms with E-state index in [9.17, 15) is 9.59 Å². The van der Waals surface area contributed by atoms with Gasteiger partial charge in [0.15, 0.2) is 0 Å². The first kappa shape index (κ1) is 14.9. The van der Waals surface area contributed by atoms with Crippen molar-refractivity contribution >= 4 is 11.9 Å². The second-order valence-electron chi connectivity index (χ2n) is 4.02. The first-order chi connectivity index (χ1) is 7.56. The van der Waals surface area contributed by atoms with Gasteiger partial charge in [-0.15, -0.1) is 0 Å². The van der Waals surface area contributed by atoms with Crippen LogP contribution in [0, 0.1) is 5.92 Å². The van der Waals surface area contributed by atoms with Gasteiger partial charge in [0.05, 0.1) is 13.5 Å². The van der Waals surface area contributed by atoms with Crippen LogP contribution in [-0.4, -0.2) is 38.6 Å². The van der Waals surface area contributed by atoms with E-state index in [1.54, 1.807) is 0 Å². The van der Waals surface area contributed by atoms with Crippen molar-refractivity contribution in [3.8, 4) is 0 Å². The molecule has 5 heteroatoms. The van der Waals surface area contributed by atoms with Crippen LogP contribution in [0.4, 0.5) is 0 Å². The summed E-state index contributed by atoms with van der Waals surface area (Å²) in [6.07, 6.45) is 0.776. The van der Waals surface area contributed by atoms with Gasteiger partial charge in [-0.2, -0.15) is 0 Å². The van der Waals surface area contributed by atoms with Gasteiger partial charge in [0.25, 0.3) is 0 Å². The van der Waals surface area contributed by atoms with Gasteiger partial charge < -0.3 is 15.4 Å². The topological polar surface area (TPSA) is 67.4 Å². The third kappa shape index (κ3) is 9.45. The highest BCUT2D eigenvalue weighted by atomic mass is 16.5. The number of methoxy groups -OCH3 is 1. The lowest BCUT2D eigenvalue weighted by Crippen LogP contribution is -2.30. The lowest BCUT2D eigenvalue weighted by atomic mass is 10.2. The highest BCUT2D eigenvalue weighted by molar-refractivity contribution is 5.76. The number of carbonyl (C=O) groups excluding carboxylic acids is 2. The van der Waals surface area contributed by atoms with Crippen LogP contribution < -0.4 is 10.6 Å². The van der Waals surface area contributed by atoms with E-state index in [-0.39, 0.29) is 11.9 Å². The maximum absolute atomic E-state index is 11.3. The van der Waals surface area contributed by atoms with Gasteiger partial charge in [0.2, 0.25) is 5.91 Å². The van der Waals surface area contributed by atoms with Crippen molar-refractivity contribution < 1.29 is 14.3 Å². The molecule has 0 bridgehead atoms. The van der Waals surface area contributed by atoms with E-state index in [0.29, 0.717) is 38.4 Å². The predicted molar refractivity (Wildman–Crippen MR) is 62.0 cm³/mol. The zero-order valence-electron chi connectivity index (χ0n) is 10.3. The van der Waals surface area contributed by atoms with Crippen LogP contribution in [0.5, 0.6) is 0 Å². The summed E-state index contributed by atoms with van der Waals surface area (Å²) in [5.74, 6) is 0.271. The highest BCUT2D eigenvalue weighted by Crippen LogP contribution is 1.88. The molecule has 0 aliphatic heterocycles. The third-order valence-corrected chi connectivity index (χ3v) is 1.97. The van der Waals surface area contributed by atoms with Crippen molar-refractivity contribution in [1.29, 1.82) is 0 Å². The number of hydrogen-bond donors (Lipinski definition) is 2. The summed E-state index contributed by atoms with van der Waals surface area (Å²) >= 11 is 0. The van der Waals surface area contributed by atoms with E-state index >= 15 is 0 Å². The van der Waals surface area contributed by atoms with Crippen LogP contribution >= 0.6 is 0 Å². The van der Waals surface area contributed by atoms with Crippen molar-refractivity contribution in [2.75, 3.05) is 26.7 Å². The van der Waals surface area contributed by atoms with Gasteiger partial charge in [0, 0.05) is 26.1 Å². The molecule has 0 spiro atoms. The van der Waals surface area contributed by atoms with Gasteiger partial charge in [-0.05, 0) is 5.92 Å². The molecule has 1 amide bonds. The van der Waals surface area contributed by atoms with Gasteiger partial charge in [-0.3, -0.25) is 9.59 Å². The molecule has 2 N–H and O–H groups in total. The van der Waals surface area contributed by atoms with E-state index in [2.05, 4.69) is 29.2 Å². The minimum absolute atomic E-state index is 0.0410. The Balaban J connectivity index is 3.31. The molecular formula is C11H22N2O3. The molecule has 16 heavy (non-hydrogen) atoms. The minimum Gasteiger partial charge on any atom is -0.469 e. The molecule has 0 saturated carbocycles. The molecule has 5 nitrogen and oxygen atoms in total. The van der Waals surface area contributed by atoms with E-state index in [1.807, 2.05) is 0 Å². The summed E-state index contributed by atoms with van der Waals surface area (Å²) in [5, 5.41) is 5.83. The average Bonchev–Trinajstić information content (AvgIpc) is 2.25. The largest absolute Gasteiger partial charge is 0.469 e. The lowest BCUT2D eigenvalue weighted by molar-refractivity contribution is -0.140. The Labute approximate surface area is 96.9 Å². The maximum Gasteiger partial charge on any atom is 0.306 e. The van der Waals surface area contributed by atoms with Gasteiger partial charge in [-0.25, -0.2) is 0 Å². The smallest absolute Gasteiger partial charge is 0.306 e. The summed E-state index contributed by atoms with van der Waals surface area (Å²) in [7, 11) is 1.36. The zero-order chi connectivity index (χ0) is 12.4. The molecule has 94 valence electrons. The van der Waals surface area contributed by atoms with Crippen molar-refractivity contribution in [2.24, 2.45) is 5.92 Å².